The van der Waals surface area contributed by atoms with Crippen LogP contribution in [0.5, 0.6) is 0 Å². The minimum absolute atomic E-state index is 0.0625. The van der Waals surface area contributed by atoms with Crippen molar-refractivity contribution >= 4 is 0 Å². The molecule has 1 aliphatic rings. The molecule has 0 bridgehead atoms. The van der Waals surface area contributed by atoms with Crippen LogP contribution in [-0.2, 0) is 17.8 Å². The van der Waals surface area contributed by atoms with Gasteiger partial charge in [-0.25, -0.2) is 4.39 Å². The van der Waals surface area contributed by atoms with Gasteiger partial charge in [0.25, 0.3) is 0 Å². The Morgan fingerprint density at radius 3 is 2.35 bits per heavy atom. The van der Waals surface area contributed by atoms with Crippen molar-refractivity contribution in [3.63, 3.8) is 0 Å². The molecule has 142 valence electrons. The molecule has 3 nitrogen and oxygen atoms in total. The van der Waals surface area contributed by atoms with Crippen molar-refractivity contribution in [2.45, 2.75) is 38.3 Å². The summed E-state index contributed by atoms with van der Waals surface area (Å²) in [7, 11) is 1.70. The molecule has 2 aromatic rings. The molecule has 1 fully saturated rings. The second-order valence-corrected chi connectivity index (χ2v) is 6.81. The molecule has 2 aromatic carbocycles. The molecule has 26 heavy (non-hydrogen) atoms. The van der Waals surface area contributed by atoms with Gasteiger partial charge in [0.2, 0.25) is 0 Å². The molecule has 0 aliphatic carbocycles. The number of halogens is 1. The van der Waals surface area contributed by atoms with Gasteiger partial charge in [-0.2, -0.15) is 0 Å². The van der Waals surface area contributed by atoms with Gasteiger partial charge in [0.05, 0.1) is 6.61 Å². The Balaban J connectivity index is 0.000000228. The van der Waals surface area contributed by atoms with Crippen molar-refractivity contribution in [3.8, 4) is 0 Å². The van der Waals surface area contributed by atoms with Crippen LogP contribution in [0.25, 0.3) is 0 Å². The van der Waals surface area contributed by atoms with Gasteiger partial charge in [-0.3, -0.25) is 0 Å². The summed E-state index contributed by atoms with van der Waals surface area (Å²) in [5, 5.41) is 0. The third-order valence-electron chi connectivity index (χ3n) is 4.61. The average molecular weight is 359 g/mol. The third-order valence-corrected chi connectivity index (χ3v) is 4.61. The van der Waals surface area contributed by atoms with E-state index in [9.17, 15) is 4.39 Å². The molecule has 0 spiro atoms. The van der Waals surface area contributed by atoms with Crippen LogP contribution < -0.4 is 5.73 Å². The molecule has 0 aromatic heterocycles. The Labute approximate surface area is 157 Å². The maximum absolute atomic E-state index is 13.4. The Morgan fingerprint density at radius 2 is 1.69 bits per heavy atom. The zero-order chi connectivity index (χ0) is 18.6. The first-order chi connectivity index (χ1) is 12.7. The lowest BCUT2D eigenvalue weighted by Crippen LogP contribution is -2.30. The quantitative estimate of drug-likeness (QED) is 0.813. The van der Waals surface area contributed by atoms with E-state index in [2.05, 4.69) is 4.90 Å². The second-order valence-electron chi connectivity index (χ2n) is 6.81. The van der Waals surface area contributed by atoms with E-state index in [0.717, 1.165) is 18.5 Å². The molecular weight excluding hydrogens is 327 g/mol. The van der Waals surface area contributed by atoms with Gasteiger partial charge < -0.3 is 15.4 Å². The fourth-order valence-corrected chi connectivity index (χ4v) is 3.14. The van der Waals surface area contributed by atoms with E-state index >= 15 is 0 Å². The molecule has 0 saturated carbocycles. The van der Waals surface area contributed by atoms with E-state index in [1.165, 1.54) is 37.6 Å². The van der Waals surface area contributed by atoms with Gasteiger partial charge in [0.1, 0.15) is 5.82 Å². The molecule has 1 atom stereocenters. The first kappa shape index (κ1) is 20.6. The normalized spacial score (nSPS) is 15.3. The van der Waals surface area contributed by atoms with Crippen molar-refractivity contribution in [2.24, 2.45) is 5.73 Å². The van der Waals surface area contributed by atoms with Gasteiger partial charge in [0, 0.05) is 13.2 Å². The van der Waals surface area contributed by atoms with Gasteiger partial charge in [-0.15, -0.1) is 0 Å². The summed E-state index contributed by atoms with van der Waals surface area (Å²) in [5.74, 6) is -0.135. The lowest BCUT2D eigenvalue weighted by molar-refractivity contribution is 0.185. The van der Waals surface area contributed by atoms with E-state index in [1.54, 1.807) is 13.2 Å². The van der Waals surface area contributed by atoms with Crippen LogP contribution in [0.15, 0.2) is 54.6 Å². The predicted molar refractivity (Wildman–Crippen MR) is 106 cm³/mol. The van der Waals surface area contributed by atoms with E-state index in [0.29, 0.717) is 13.0 Å². The number of ether oxygens (including phenoxy) is 1. The summed E-state index contributed by atoms with van der Waals surface area (Å²) in [6.07, 6.45) is 4.21. The molecule has 0 amide bonds. The number of benzene rings is 2. The van der Waals surface area contributed by atoms with Crippen LogP contribution in [0.2, 0.25) is 0 Å². The smallest absolute Gasteiger partial charge is 0.126 e. The lowest BCUT2D eigenvalue weighted by atomic mass is 10.0. The highest BCUT2D eigenvalue weighted by Gasteiger charge is 2.13. The zero-order valence-electron chi connectivity index (χ0n) is 15.7. The van der Waals surface area contributed by atoms with E-state index < -0.39 is 0 Å². The number of hydrogen-bond donors (Lipinski definition) is 1. The average Bonchev–Trinajstić information content (AvgIpc) is 3.17. The third kappa shape index (κ3) is 7.65. The molecule has 3 rings (SSSR count). The predicted octanol–water partition coefficient (Wildman–Crippen LogP) is 4.01. The van der Waals surface area contributed by atoms with Crippen molar-refractivity contribution in [3.05, 3.63) is 71.5 Å². The number of likely N-dealkylation sites (tertiary alicyclic amines) is 1. The standard InChI is InChI=1S/C14H21FN2.C8H10O/c15-14-6-2-1-5-12(14)11-13(16)7-10-17-8-3-4-9-17;1-9-7-8-5-3-2-4-6-8/h1-2,5-6,13H,3-4,7-11,16H2;2-6H,7H2,1H3. The summed E-state index contributed by atoms with van der Waals surface area (Å²) >= 11 is 0. The first-order valence-electron chi connectivity index (χ1n) is 9.43. The first-order valence-corrected chi connectivity index (χ1v) is 9.43. The highest BCUT2D eigenvalue weighted by molar-refractivity contribution is 5.18. The van der Waals surface area contributed by atoms with Crippen molar-refractivity contribution < 1.29 is 9.13 Å². The molecule has 1 unspecified atom stereocenters. The molecular formula is C22H31FN2O. The largest absolute Gasteiger partial charge is 0.380 e. The van der Waals surface area contributed by atoms with Gasteiger partial charge in [0.15, 0.2) is 0 Å². The Morgan fingerprint density at radius 1 is 1.04 bits per heavy atom. The van der Waals surface area contributed by atoms with Gasteiger partial charge in [-0.05, 0) is 62.5 Å². The van der Waals surface area contributed by atoms with E-state index in [-0.39, 0.29) is 11.9 Å². The highest BCUT2D eigenvalue weighted by Crippen LogP contribution is 2.12. The van der Waals surface area contributed by atoms with Crippen LogP contribution in [-0.4, -0.2) is 37.7 Å². The Kier molecular flexibility index (Phi) is 9.32. The fraction of sp³-hybridized carbons (Fsp3) is 0.455. The Hall–Kier alpha value is -1.75. The van der Waals surface area contributed by atoms with Gasteiger partial charge in [-0.1, -0.05) is 48.5 Å². The maximum Gasteiger partial charge on any atom is 0.126 e. The van der Waals surface area contributed by atoms with E-state index in [4.69, 9.17) is 10.5 Å². The molecule has 1 saturated heterocycles. The summed E-state index contributed by atoms with van der Waals surface area (Å²) in [6.45, 7) is 4.16. The maximum atomic E-state index is 13.4. The van der Waals surface area contributed by atoms with Crippen molar-refractivity contribution in [2.75, 3.05) is 26.7 Å². The van der Waals surface area contributed by atoms with Crippen LogP contribution >= 0.6 is 0 Å². The number of nitrogens with two attached hydrogens (primary N) is 1. The molecule has 0 radical (unpaired) electrons. The number of methoxy groups -OCH3 is 1. The molecule has 2 N–H and O–H groups in total. The zero-order valence-corrected chi connectivity index (χ0v) is 15.7. The lowest BCUT2D eigenvalue weighted by Gasteiger charge is -2.18. The van der Waals surface area contributed by atoms with Gasteiger partial charge >= 0.3 is 0 Å². The summed E-state index contributed by atoms with van der Waals surface area (Å²) < 4.78 is 18.4. The number of rotatable bonds is 7. The number of nitrogens with zero attached hydrogens (tertiary/aromatic N) is 1. The van der Waals surface area contributed by atoms with Crippen molar-refractivity contribution in [1.82, 2.24) is 4.90 Å². The van der Waals surface area contributed by atoms with Crippen LogP contribution in [0.1, 0.15) is 30.4 Å². The summed E-state index contributed by atoms with van der Waals surface area (Å²) in [4.78, 5) is 2.45. The number of hydrogen-bond acceptors (Lipinski definition) is 3. The van der Waals surface area contributed by atoms with Crippen molar-refractivity contribution in [1.29, 1.82) is 0 Å². The van der Waals surface area contributed by atoms with Crippen LogP contribution in [0.4, 0.5) is 4.39 Å². The van der Waals surface area contributed by atoms with Crippen LogP contribution in [0.3, 0.4) is 0 Å². The summed E-state index contributed by atoms with van der Waals surface area (Å²) in [5.41, 5.74) is 8.02. The molecule has 1 aliphatic heterocycles. The summed E-state index contributed by atoms with van der Waals surface area (Å²) in [6, 6.07) is 17.1. The topological polar surface area (TPSA) is 38.5 Å². The highest BCUT2D eigenvalue weighted by atomic mass is 19.1. The SMILES string of the molecule is COCc1ccccc1.NC(CCN1CCCC1)Cc1ccccc1F. The second kappa shape index (κ2) is 11.8. The fourth-order valence-electron chi connectivity index (χ4n) is 3.14. The Bertz CT molecular complexity index is 615. The molecule has 4 heteroatoms. The minimum atomic E-state index is -0.135. The minimum Gasteiger partial charge on any atom is -0.380 e. The monoisotopic (exact) mass is 358 g/mol. The van der Waals surface area contributed by atoms with E-state index in [1.807, 2.05) is 42.5 Å². The molecule has 1 heterocycles. The van der Waals surface area contributed by atoms with Crippen LogP contribution in [0, 0.1) is 5.82 Å².